The second-order valence-corrected chi connectivity index (χ2v) is 4.47. The van der Waals surface area contributed by atoms with E-state index in [4.69, 9.17) is 5.73 Å². The van der Waals surface area contributed by atoms with Gasteiger partial charge in [-0.3, -0.25) is 0 Å². The summed E-state index contributed by atoms with van der Waals surface area (Å²) in [6.07, 6.45) is 0. The molecule has 0 aromatic heterocycles. The first kappa shape index (κ1) is 15.8. The zero-order chi connectivity index (χ0) is 14.8. The highest BCUT2D eigenvalue weighted by Crippen LogP contribution is 2.38. The zero-order valence-electron chi connectivity index (χ0n) is 9.79. The van der Waals surface area contributed by atoms with E-state index in [9.17, 15) is 23.1 Å². The highest BCUT2D eigenvalue weighted by atomic mass is 79.9. The fraction of sp³-hybridized carbons (Fsp3) is 0.364. The number of aromatic hydroxyl groups is 1. The number of ether oxygens (including phenoxy) is 1. The molecule has 1 aromatic carbocycles. The molecule has 0 fully saturated rings. The van der Waals surface area contributed by atoms with E-state index in [0.29, 0.717) is 0 Å². The molecule has 0 amide bonds. The summed E-state index contributed by atoms with van der Waals surface area (Å²) in [4.78, 5) is 11.1. The second kappa shape index (κ2) is 5.79. The van der Waals surface area contributed by atoms with Crippen molar-refractivity contribution in [2.24, 2.45) is 5.73 Å². The average Bonchev–Trinajstić information content (AvgIpc) is 2.35. The van der Waals surface area contributed by atoms with Gasteiger partial charge in [0, 0.05) is 5.56 Å². The Balaban J connectivity index is 3.16. The number of hydrogen-bond donors (Lipinski definition) is 2. The monoisotopic (exact) mass is 341 g/mol. The number of benzene rings is 1. The third-order valence-corrected chi connectivity index (χ3v) is 2.99. The van der Waals surface area contributed by atoms with Crippen LogP contribution in [0.5, 0.6) is 5.75 Å². The van der Waals surface area contributed by atoms with Gasteiger partial charge in [0.15, 0.2) is 11.6 Å². The van der Waals surface area contributed by atoms with Crippen LogP contribution in [0.25, 0.3) is 0 Å². The summed E-state index contributed by atoms with van der Waals surface area (Å²) in [5.74, 6) is -8.07. The number of halogens is 4. The minimum atomic E-state index is -4.08. The number of hydrogen-bond acceptors (Lipinski definition) is 4. The quantitative estimate of drug-likeness (QED) is 0.825. The van der Waals surface area contributed by atoms with Gasteiger partial charge in [0.25, 0.3) is 0 Å². The molecule has 0 aliphatic carbocycles. The molecule has 0 aliphatic rings. The molecule has 19 heavy (non-hydrogen) atoms. The predicted molar refractivity (Wildman–Crippen MR) is 64.3 cm³/mol. The van der Waals surface area contributed by atoms with Crippen LogP contribution in [-0.2, 0) is 9.53 Å². The number of rotatable bonds is 4. The summed E-state index contributed by atoms with van der Waals surface area (Å²) in [5, 5.41) is 9.45. The maximum absolute atomic E-state index is 13.7. The maximum Gasteiger partial charge on any atom is 0.379 e. The van der Waals surface area contributed by atoms with Crippen LogP contribution in [-0.4, -0.2) is 23.6 Å². The minimum absolute atomic E-state index is 0.111. The van der Waals surface area contributed by atoms with Gasteiger partial charge in [0.1, 0.15) is 6.04 Å². The zero-order valence-corrected chi connectivity index (χ0v) is 11.4. The van der Waals surface area contributed by atoms with E-state index in [1.165, 1.54) is 6.92 Å². The minimum Gasteiger partial charge on any atom is -0.505 e. The molecule has 1 aromatic rings. The van der Waals surface area contributed by atoms with Crippen molar-refractivity contribution < 1.29 is 27.8 Å². The Hall–Kier alpha value is -1.28. The Kier molecular flexibility index (Phi) is 4.81. The number of carbonyl (C=O) groups is 1. The molecule has 1 rings (SSSR count). The van der Waals surface area contributed by atoms with Crippen LogP contribution in [0.4, 0.5) is 13.2 Å². The summed E-state index contributed by atoms with van der Waals surface area (Å²) < 4.78 is 44.8. The van der Waals surface area contributed by atoms with Gasteiger partial charge < -0.3 is 15.6 Å². The number of esters is 1. The lowest BCUT2D eigenvalue weighted by Gasteiger charge is -2.22. The topological polar surface area (TPSA) is 72.5 Å². The van der Waals surface area contributed by atoms with Crippen LogP contribution in [0, 0.1) is 5.82 Å². The summed E-state index contributed by atoms with van der Waals surface area (Å²) in [7, 11) is 0. The van der Waals surface area contributed by atoms with E-state index in [2.05, 4.69) is 20.7 Å². The number of phenolic OH excluding ortho intramolecular Hbond substituents is 1. The Morgan fingerprint density at radius 1 is 1.58 bits per heavy atom. The average molecular weight is 342 g/mol. The Bertz CT molecular complexity index is 496. The Labute approximate surface area is 115 Å². The first-order chi connectivity index (χ1) is 8.73. The standard InChI is InChI=1S/C11H11BrF3NO3/c1-2-19-10(18)11(14,15)9(16)5-3-4-6(12)7(13)8(5)17/h3-4,9,17H,2,16H2,1H3/t9-/m1/s1. The summed E-state index contributed by atoms with van der Waals surface area (Å²) in [6.45, 7) is 1.11. The molecule has 8 heteroatoms. The van der Waals surface area contributed by atoms with Crippen LogP contribution in [0.15, 0.2) is 16.6 Å². The molecule has 4 nitrogen and oxygen atoms in total. The molecule has 106 valence electrons. The fourth-order valence-electron chi connectivity index (χ4n) is 1.36. The molecule has 3 N–H and O–H groups in total. The molecular formula is C11H11BrF3NO3. The second-order valence-electron chi connectivity index (χ2n) is 3.62. The van der Waals surface area contributed by atoms with Gasteiger partial charge in [-0.15, -0.1) is 0 Å². The van der Waals surface area contributed by atoms with Crippen molar-refractivity contribution in [1.29, 1.82) is 0 Å². The number of nitrogens with two attached hydrogens (primary N) is 1. The van der Waals surface area contributed by atoms with Gasteiger partial charge >= 0.3 is 11.9 Å². The van der Waals surface area contributed by atoms with Crippen molar-refractivity contribution in [1.82, 2.24) is 0 Å². The molecule has 0 saturated heterocycles. The first-order valence-corrected chi connectivity index (χ1v) is 6.00. The van der Waals surface area contributed by atoms with Gasteiger partial charge in [-0.05, 0) is 28.9 Å². The van der Waals surface area contributed by atoms with Crippen LogP contribution in [0.1, 0.15) is 18.5 Å². The maximum atomic E-state index is 13.7. The van der Waals surface area contributed by atoms with Crippen molar-refractivity contribution in [3.63, 3.8) is 0 Å². The van der Waals surface area contributed by atoms with E-state index in [1.54, 1.807) is 0 Å². The number of alkyl halides is 2. The third-order valence-electron chi connectivity index (χ3n) is 2.37. The van der Waals surface area contributed by atoms with Crippen molar-refractivity contribution in [2.45, 2.75) is 18.9 Å². The largest absolute Gasteiger partial charge is 0.505 e. The summed E-state index contributed by atoms with van der Waals surface area (Å²) in [5.41, 5.74) is 4.65. The first-order valence-electron chi connectivity index (χ1n) is 5.20. The molecule has 0 heterocycles. The van der Waals surface area contributed by atoms with Gasteiger partial charge in [0.05, 0.1) is 11.1 Å². The predicted octanol–water partition coefficient (Wildman–Crippen LogP) is 2.49. The lowest BCUT2D eigenvalue weighted by atomic mass is 10.00. The lowest BCUT2D eigenvalue weighted by molar-refractivity contribution is -0.174. The normalized spacial score (nSPS) is 13.2. The van der Waals surface area contributed by atoms with E-state index >= 15 is 0 Å². The molecule has 0 spiro atoms. The van der Waals surface area contributed by atoms with Crippen LogP contribution < -0.4 is 5.73 Å². The number of carbonyl (C=O) groups excluding carboxylic acids is 1. The fourth-order valence-corrected chi connectivity index (χ4v) is 1.68. The van der Waals surface area contributed by atoms with Gasteiger partial charge in [-0.1, -0.05) is 6.07 Å². The van der Waals surface area contributed by atoms with Crippen LogP contribution >= 0.6 is 15.9 Å². The molecule has 0 saturated carbocycles. The van der Waals surface area contributed by atoms with Gasteiger partial charge in [-0.2, -0.15) is 8.78 Å². The van der Waals surface area contributed by atoms with E-state index in [1.807, 2.05) is 0 Å². The Morgan fingerprint density at radius 3 is 2.68 bits per heavy atom. The highest BCUT2D eigenvalue weighted by Gasteiger charge is 2.48. The summed E-state index contributed by atoms with van der Waals surface area (Å²) >= 11 is 2.78. The van der Waals surface area contributed by atoms with E-state index in [0.717, 1.165) is 12.1 Å². The summed E-state index contributed by atoms with van der Waals surface area (Å²) in [6, 6.07) is -0.111. The highest BCUT2D eigenvalue weighted by molar-refractivity contribution is 9.10. The molecule has 1 atom stereocenters. The van der Waals surface area contributed by atoms with Gasteiger partial charge in [0.2, 0.25) is 0 Å². The molecular weight excluding hydrogens is 331 g/mol. The third kappa shape index (κ3) is 3.01. The molecule has 0 aliphatic heterocycles. The van der Waals surface area contributed by atoms with Gasteiger partial charge in [-0.25, -0.2) is 9.18 Å². The SMILES string of the molecule is CCOC(=O)C(F)(F)[C@H](N)c1ccc(Br)c(F)c1O. The van der Waals surface area contributed by atoms with Crippen LogP contribution in [0.2, 0.25) is 0 Å². The van der Waals surface area contributed by atoms with Crippen molar-refractivity contribution in [2.75, 3.05) is 6.61 Å². The van der Waals surface area contributed by atoms with Crippen molar-refractivity contribution in [3.05, 3.63) is 28.0 Å². The van der Waals surface area contributed by atoms with E-state index < -0.39 is 35.1 Å². The Morgan fingerprint density at radius 2 is 2.16 bits per heavy atom. The lowest BCUT2D eigenvalue weighted by Crippen LogP contribution is -2.41. The number of phenols is 1. The van der Waals surface area contributed by atoms with Crippen molar-refractivity contribution in [3.8, 4) is 5.75 Å². The van der Waals surface area contributed by atoms with Crippen LogP contribution in [0.3, 0.4) is 0 Å². The molecule has 0 radical (unpaired) electrons. The molecule has 0 unspecified atom stereocenters. The van der Waals surface area contributed by atoms with E-state index in [-0.39, 0.29) is 11.1 Å². The molecule has 0 bridgehead atoms. The van der Waals surface area contributed by atoms with Crippen molar-refractivity contribution >= 4 is 21.9 Å². The smallest absolute Gasteiger partial charge is 0.379 e.